The van der Waals surface area contributed by atoms with Gasteiger partial charge in [0, 0.05) is 43.5 Å². The van der Waals surface area contributed by atoms with Crippen molar-refractivity contribution >= 4 is 17.8 Å². The molecule has 1 spiro atoms. The van der Waals surface area contributed by atoms with Crippen molar-refractivity contribution in [1.29, 1.82) is 0 Å². The topological polar surface area (TPSA) is 84.9 Å². The van der Waals surface area contributed by atoms with E-state index in [9.17, 15) is 9.59 Å². The lowest BCUT2D eigenvalue weighted by atomic mass is 9.90. The number of aromatic nitrogens is 2. The van der Waals surface area contributed by atoms with E-state index in [1.54, 1.807) is 17.3 Å². The van der Waals surface area contributed by atoms with Crippen LogP contribution in [0, 0.1) is 5.41 Å². The number of piperidine rings is 1. The summed E-state index contributed by atoms with van der Waals surface area (Å²) in [6.45, 7) is 9.02. The van der Waals surface area contributed by atoms with Crippen molar-refractivity contribution in [2.24, 2.45) is 5.41 Å². The molecule has 0 radical (unpaired) electrons. The minimum absolute atomic E-state index is 0.192. The molecule has 29 heavy (non-hydrogen) atoms. The second-order valence-corrected chi connectivity index (χ2v) is 9.37. The maximum absolute atomic E-state index is 12.5. The summed E-state index contributed by atoms with van der Waals surface area (Å²) in [5.74, 6) is 0.976. The first-order chi connectivity index (χ1) is 13.8. The summed E-state index contributed by atoms with van der Waals surface area (Å²) in [6, 6.07) is 0. The van der Waals surface area contributed by atoms with Gasteiger partial charge in [0.15, 0.2) is 5.82 Å². The Morgan fingerprint density at radius 1 is 1.17 bits per heavy atom. The van der Waals surface area contributed by atoms with Gasteiger partial charge in [-0.25, -0.2) is 9.78 Å². The number of nitrogens with zero attached hydrogens (tertiary/aromatic N) is 4. The van der Waals surface area contributed by atoms with E-state index in [0.29, 0.717) is 38.4 Å². The second-order valence-electron chi connectivity index (χ2n) is 9.37. The Labute approximate surface area is 171 Å². The number of likely N-dealkylation sites (tertiary alicyclic amines) is 1. The van der Waals surface area contributed by atoms with E-state index < -0.39 is 5.60 Å². The summed E-state index contributed by atoms with van der Waals surface area (Å²) in [5, 5.41) is 0. The van der Waals surface area contributed by atoms with E-state index in [0.717, 1.165) is 31.6 Å². The molecule has 8 heteroatoms. The predicted octanol–water partition coefficient (Wildman–Crippen LogP) is 2.73. The first-order valence-corrected chi connectivity index (χ1v) is 10.5. The first-order valence-electron chi connectivity index (χ1n) is 10.5. The Morgan fingerprint density at radius 3 is 2.52 bits per heavy atom. The molecule has 1 aromatic heterocycles. The van der Waals surface area contributed by atoms with Crippen molar-refractivity contribution in [1.82, 2.24) is 14.9 Å². The van der Waals surface area contributed by atoms with E-state index in [4.69, 9.17) is 14.5 Å². The molecular formula is C21H30N4O4. The highest BCUT2D eigenvalue weighted by Gasteiger charge is 2.47. The summed E-state index contributed by atoms with van der Waals surface area (Å²) >= 11 is 0. The lowest BCUT2D eigenvalue weighted by Gasteiger charge is -2.35. The number of carbonyl (C=O) groups excluding carboxylic acids is 2. The highest BCUT2D eigenvalue weighted by molar-refractivity contribution is 5.89. The molecule has 3 aliphatic heterocycles. The van der Waals surface area contributed by atoms with Gasteiger partial charge in [-0.3, -0.25) is 14.7 Å². The number of carbonyl (C=O) groups is 2. The van der Waals surface area contributed by atoms with E-state index in [1.165, 1.54) is 0 Å². The molecule has 0 unspecified atom stereocenters. The Balaban J connectivity index is 1.43. The van der Waals surface area contributed by atoms with Crippen molar-refractivity contribution in [3.63, 3.8) is 0 Å². The standard InChI is InChI=1S/C21H30N4O4/c1-20(2,3)18(26)24-8-4-15(5-9-24)16-12-22-13-17(23-16)25-14-21(29-19(25)27)6-10-28-11-7-21/h12-13,15H,4-11,14H2,1-3H3. The van der Waals surface area contributed by atoms with Gasteiger partial charge in [0.1, 0.15) is 5.60 Å². The van der Waals surface area contributed by atoms with Gasteiger partial charge in [0.05, 0.1) is 31.6 Å². The van der Waals surface area contributed by atoms with Crippen LogP contribution in [-0.2, 0) is 14.3 Å². The normalized spacial score (nSPS) is 22.8. The van der Waals surface area contributed by atoms with Crippen LogP contribution in [0.15, 0.2) is 12.4 Å². The molecular weight excluding hydrogens is 372 g/mol. The van der Waals surface area contributed by atoms with Crippen molar-refractivity contribution in [2.45, 2.75) is 58.0 Å². The first kappa shape index (κ1) is 20.1. The third-order valence-electron chi connectivity index (χ3n) is 6.13. The zero-order chi connectivity index (χ0) is 20.6. The highest BCUT2D eigenvalue weighted by atomic mass is 16.6. The number of hydrogen-bond donors (Lipinski definition) is 0. The van der Waals surface area contributed by atoms with Gasteiger partial charge in [0.25, 0.3) is 0 Å². The predicted molar refractivity (Wildman–Crippen MR) is 107 cm³/mol. The Morgan fingerprint density at radius 2 is 1.86 bits per heavy atom. The zero-order valence-corrected chi connectivity index (χ0v) is 17.5. The third-order valence-corrected chi connectivity index (χ3v) is 6.13. The van der Waals surface area contributed by atoms with Crippen molar-refractivity contribution < 1.29 is 19.1 Å². The molecule has 3 fully saturated rings. The van der Waals surface area contributed by atoms with E-state index in [1.807, 2.05) is 25.7 Å². The Hall–Kier alpha value is -2.22. The van der Waals surface area contributed by atoms with Gasteiger partial charge in [-0.2, -0.15) is 0 Å². The number of hydrogen-bond acceptors (Lipinski definition) is 6. The quantitative estimate of drug-likeness (QED) is 0.756. The summed E-state index contributed by atoms with van der Waals surface area (Å²) in [5.41, 5.74) is 0.0557. The molecule has 158 valence electrons. The van der Waals surface area contributed by atoms with Crippen LogP contribution in [-0.4, -0.2) is 65.3 Å². The van der Waals surface area contributed by atoms with Gasteiger partial charge >= 0.3 is 6.09 Å². The van der Waals surface area contributed by atoms with Gasteiger partial charge in [-0.05, 0) is 12.8 Å². The molecule has 4 rings (SSSR count). The van der Waals surface area contributed by atoms with Crippen LogP contribution < -0.4 is 4.90 Å². The molecule has 0 atom stereocenters. The molecule has 2 amide bonds. The molecule has 3 aliphatic rings. The van der Waals surface area contributed by atoms with Crippen LogP contribution in [0.1, 0.15) is 58.1 Å². The van der Waals surface area contributed by atoms with Gasteiger partial charge in [-0.15, -0.1) is 0 Å². The fraction of sp³-hybridized carbons (Fsp3) is 0.714. The smallest absolute Gasteiger partial charge is 0.416 e. The monoisotopic (exact) mass is 402 g/mol. The molecule has 4 heterocycles. The van der Waals surface area contributed by atoms with Crippen molar-refractivity contribution in [3.8, 4) is 0 Å². The van der Waals surface area contributed by atoms with E-state index >= 15 is 0 Å². The summed E-state index contributed by atoms with van der Waals surface area (Å²) in [4.78, 5) is 37.6. The second kappa shape index (κ2) is 7.55. The Kier molecular flexibility index (Phi) is 5.23. The minimum atomic E-state index is -0.467. The maximum atomic E-state index is 12.5. The van der Waals surface area contributed by atoms with Crippen LogP contribution in [0.4, 0.5) is 10.6 Å². The van der Waals surface area contributed by atoms with Gasteiger partial charge < -0.3 is 14.4 Å². The van der Waals surface area contributed by atoms with Crippen molar-refractivity contribution in [2.75, 3.05) is 37.7 Å². The average molecular weight is 402 g/mol. The highest BCUT2D eigenvalue weighted by Crippen LogP contribution is 2.35. The van der Waals surface area contributed by atoms with E-state index in [-0.39, 0.29) is 23.3 Å². The molecule has 0 saturated carbocycles. The molecule has 8 nitrogen and oxygen atoms in total. The third kappa shape index (κ3) is 4.08. The Bertz CT molecular complexity index is 777. The SMILES string of the molecule is CC(C)(C)C(=O)N1CCC(c2cncc(N3CC4(CCOCC4)OC3=O)n2)CC1. The molecule has 0 bridgehead atoms. The molecule has 3 saturated heterocycles. The molecule has 1 aromatic rings. The number of anilines is 1. The molecule has 0 aromatic carbocycles. The number of rotatable bonds is 2. The van der Waals surface area contributed by atoms with Gasteiger partial charge in [0.2, 0.25) is 5.91 Å². The lowest BCUT2D eigenvalue weighted by molar-refractivity contribution is -0.140. The maximum Gasteiger partial charge on any atom is 0.416 e. The average Bonchev–Trinajstić information content (AvgIpc) is 3.03. The fourth-order valence-corrected chi connectivity index (χ4v) is 4.35. The van der Waals surface area contributed by atoms with Crippen LogP contribution in [0.25, 0.3) is 0 Å². The molecule has 0 aliphatic carbocycles. The number of amides is 2. The minimum Gasteiger partial charge on any atom is -0.440 e. The van der Waals surface area contributed by atoms with Gasteiger partial charge in [-0.1, -0.05) is 20.8 Å². The van der Waals surface area contributed by atoms with Crippen LogP contribution in [0.2, 0.25) is 0 Å². The largest absolute Gasteiger partial charge is 0.440 e. The number of ether oxygens (including phenoxy) is 2. The van der Waals surface area contributed by atoms with E-state index in [2.05, 4.69) is 4.98 Å². The summed E-state index contributed by atoms with van der Waals surface area (Å²) < 4.78 is 11.1. The van der Waals surface area contributed by atoms with Crippen LogP contribution >= 0.6 is 0 Å². The van der Waals surface area contributed by atoms with Crippen LogP contribution in [0.5, 0.6) is 0 Å². The zero-order valence-electron chi connectivity index (χ0n) is 17.5. The van der Waals surface area contributed by atoms with Crippen LogP contribution in [0.3, 0.4) is 0 Å². The summed E-state index contributed by atoms with van der Waals surface area (Å²) in [7, 11) is 0. The fourth-order valence-electron chi connectivity index (χ4n) is 4.35. The lowest BCUT2D eigenvalue weighted by Crippen LogP contribution is -2.43. The summed E-state index contributed by atoms with van der Waals surface area (Å²) in [6.07, 6.45) is 6.18. The molecule has 0 N–H and O–H groups in total. The van der Waals surface area contributed by atoms with Crippen molar-refractivity contribution in [3.05, 3.63) is 18.1 Å².